The van der Waals surface area contributed by atoms with Crippen molar-refractivity contribution in [2.24, 2.45) is 13.0 Å². The zero-order valence-corrected chi connectivity index (χ0v) is 13.7. The van der Waals surface area contributed by atoms with E-state index < -0.39 is 0 Å². The predicted molar refractivity (Wildman–Crippen MR) is 83.8 cm³/mol. The summed E-state index contributed by atoms with van der Waals surface area (Å²) in [7, 11) is 2.01. The van der Waals surface area contributed by atoms with Crippen LogP contribution in [0.25, 0.3) is 0 Å². The van der Waals surface area contributed by atoms with Crippen molar-refractivity contribution in [2.45, 2.75) is 24.9 Å². The average molecular weight is 320 g/mol. The molecule has 2 aromatic heterocycles. The van der Waals surface area contributed by atoms with Gasteiger partial charge in [0.2, 0.25) is 0 Å². The molecule has 3 heterocycles. The smallest absolute Gasteiger partial charge is 0.276 e. The Morgan fingerprint density at radius 3 is 2.82 bits per heavy atom. The molecule has 118 valence electrons. The molecule has 22 heavy (non-hydrogen) atoms. The molecule has 0 unspecified atom stereocenters. The molecule has 0 spiro atoms. The van der Waals surface area contributed by atoms with Gasteiger partial charge in [-0.05, 0) is 25.7 Å². The minimum atomic E-state index is -0.0212. The number of rotatable bonds is 4. The lowest BCUT2D eigenvalue weighted by atomic mass is 9.99. The predicted octanol–water partition coefficient (Wildman–Crippen LogP) is 2.36. The highest BCUT2D eigenvalue weighted by Crippen LogP contribution is 2.26. The number of hydrogen-bond acceptors (Lipinski definition) is 5. The summed E-state index contributed by atoms with van der Waals surface area (Å²) in [6.07, 6.45) is 5.84. The van der Waals surface area contributed by atoms with Crippen LogP contribution in [-0.4, -0.2) is 44.4 Å². The molecule has 0 aromatic carbocycles. The quantitative estimate of drug-likeness (QED) is 0.809. The number of aromatic nitrogens is 3. The van der Waals surface area contributed by atoms with Crippen molar-refractivity contribution in [3.63, 3.8) is 0 Å². The summed E-state index contributed by atoms with van der Waals surface area (Å²) < 4.78 is 7.02. The Balaban J connectivity index is 1.48. The molecule has 6 nitrogen and oxygen atoms in total. The van der Waals surface area contributed by atoms with Gasteiger partial charge in [-0.25, -0.2) is 4.98 Å². The van der Waals surface area contributed by atoms with E-state index in [1.54, 1.807) is 24.8 Å². The lowest BCUT2D eigenvalue weighted by Crippen LogP contribution is -2.39. The van der Waals surface area contributed by atoms with Gasteiger partial charge in [0.25, 0.3) is 5.91 Å². The minimum absolute atomic E-state index is 0.0212. The van der Waals surface area contributed by atoms with Crippen LogP contribution in [0.15, 0.2) is 28.1 Å². The Bertz CT molecular complexity index is 644. The van der Waals surface area contributed by atoms with E-state index in [1.807, 2.05) is 28.9 Å². The number of thioether (sulfide) groups is 1. The Kier molecular flexibility index (Phi) is 4.52. The topological polar surface area (TPSA) is 64.2 Å². The number of nitrogens with zero attached hydrogens (tertiary/aromatic N) is 4. The van der Waals surface area contributed by atoms with Gasteiger partial charge in [-0.15, -0.1) is 0 Å². The first-order valence-corrected chi connectivity index (χ1v) is 8.45. The average Bonchev–Trinajstić information content (AvgIpc) is 3.13. The van der Waals surface area contributed by atoms with Crippen LogP contribution in [0.1, 0.15) is 29.1 Å². The van der Waals surface area contributed by atoms with E-state index in [4.69, 9.17) is 4.52 Å². The van der Waals surface area contributed by atoms with Crippen molar-refractivity contribution < 1.29 is 9.32 Å². The molecule has 0 bridgehead atoms. The van der Waals surface area contributed by atoms with Gasteiger partial charge < -0.3 is 14.0 Å². The van der Waals surface area contributed by atoms with E-state index in [1.165, 1.54) is 0 Å². The lowest BCUT2D eigenvalue weighted by molar-refractivity contribution is 0.0688. The van der Waals surface area contributed by atoms with E-state index in [9.17, 15) is 4.79 Å². The highest BCUT2D eigenvalue weighted by atomic mass is 32.2. The largest absolute Gasteiger partial charge is 0.361 e. The van der Waals surface area contributed by atoms with Crippen molar-refractivity contribution >= 4 is 17.7 Å². The number of imidazole rings is 1. The molecule has 0 radical (unpaired) electrons. The van der Waals surface area contributed by atoms with E-state index >= 15 is 0 Å². The van der Waals surface area contributed by atoms with E-state index in [0.717, 1.165) is 36.8 Å². The highest BCUT2D eigenvalue weighted by Gasteiger charge is 2.25. The van der Waals surface area contributed by atoms with Crippen LogP contribution in [0, 0.1) is 12.8 Å². The molecule has 1 saturated heterocycles. The SMILES string of the molecule is Cc1cc(C(=O)N2CCC(CSc3nccn3C)CC2)no1. The molecule has 0 saturated carbocycles. The molecule has 1 amide bonds. The molecule has 1 aliphatic rings. The summed E-state index contributed by atoms with van der Waals surface area (Å²) in [5, 5.41) is 4.86. The molecule has 1 fully saturated rings. The number of aryl methyl sites for hydroxylation is 2. The standard InChI is InChI=1S/C15H20N4O2S/c1-11-9-13(17-21-11)14(20)19-6-3-12(4-7-19)10-22-15-16-5-8-18(15)2/h5,8-9,12H,3-4,6-7,10H2,1-2H3. The van der Waals surface area contributed by atoms with E-state index in [0.29, 0.717) is 17.4 Å². The van der Waals surface area contributed by atoms with Gasteiger partial charge in [0, 0.05) is 44.4 Å². The molecular weight excluding hydrogens is 300 g/mol. The van der Waals surface area contributed by atoms with Crippen LogP contribution in [0.2, 0.25) is 0 Å². The fourth-order valence-electron chi connectivity index (χ4n) is 2.62. The number of likely N-dealkylation sites (tertiary alicyclic amines) is 1. The zero-order chi connectivity index (χ0) is 15.5. The first-order chi connectivity index (χ1) is 10.6. The van der Waals surface area contributed by atoms with Crippen molar-refractivity contribution in [3.8, 4) is 0 Å². The van der Waals surface area contributed by atoms with Crippen molar-refractivity contribution in [1.82, 2.24) is 19.6 Å². The molecule has 0 atom stereocenters. The third kappa shape index (κ3) is 3.35. The second-order valence-electron chi connectivity index (χ2n) is 5.69. The number of carbonyl (C=O) groups excluding carboxylic acids is 1. The molecule has 2 aromatic rings. The molecular formula is C15H20N4O2S. The number of piperidine rings is 1. The van der Waals surface area contributed by atoms with Gasteiger partial charge in [0.15, 0.2) is 10.9 Å². The zero-order valence-electron chi connectivity index (χ0n) is 12.9. The molecule has 1 aliphatic heterocycles. The second kappa shape index (κ2) is 6.56. The minimum Gasteiger partial charge on any atom is -0.361 e. The first kappa shape index (κ1) is 15.1. The van der Waals surface area contributed by atoms with Gasteiger partial charge in [-0.1, -0.05) is 16.9 Å². The van der Waals surface area contributed by atoms with Gasteiger partial charge >= 0.3 is 0 Å². The summed E-state index contributed by atoms with van der Waals surface area (Å²) in [5.74, 6) is 2.33. The Hall–Kier alpha value is -1.76. The van der Waals surface area contributed by atoms with Crippen LogP contribution in [0.5, 0.6) is 0 Å². The summed E-state index contributed by atoms with van der Waals surface area (Å²) >= 11 is 1.79. The van der Waals surface area contributed by atoms with Crippen molar-refractivity contribution in [3.05, 3.63) is 29.9 Å². The maximum atomic E-state index is 12.3. The van der Waals surface area contributed by atoms with Crippen molar-refractivity contribution in [1.29, 1.82) is 0 Å². The monoisotopic (exact) mass is 320 g/mol. The van der Waals surface area contributed by atoms with Crippen LogP contribution >= 0.6 is 11.8 Å². The summed E-state index contributed by atoms with van der Waals surface area (Å²) in [5.41, 5.74) is 0.415. The normalized spacial score (nSPS) is 16.2. The fourth-order valence-corrected chi connectivity index (χ4v) is 3.73. The van der Waals surface area contributed by atoms with Gasteiger partial charge in [0.1, 0.15) is 5.76 Å². The van der Waals surface area contributed by atoms with Crippen LogP contribution < -0.4 is 0 Å². The number of carbonyl (C=O) groups is 1. The molecule has 3 rings (SSSR count). The highest BCUT2D eigenvalue weighted by molar-refractivity contribution is 7.99. The Labute approximate surface area is 133 Å². The Morgan fingerprint density at radius 1 is 1.45 bits per heavy atom. The summed E-state index contributed by atoms with van der Waals surface area (Å²) in [6.45, 7) is 3.37. The second-order valence-corrected chi connectivity index (χ2v) is 6.68. The summed E-state index contributed by atoms with van der Waals surface area (Å²) in [6, 6.07) is 1.70. The molecule has 0 aliphatic carbocycles. The summed E-state index contributed by atoms with van der Waals surface area (Å²) in [4.78, 5) is 18.5. The third-order valence-electron chi connectivity index (χ3n) is 3.97. The third-order valence-corrected chi connectivity index (χ3v) is 5.26. The van der Waals surface area contributed by atoms with Crippen molar-refractivity contribution in [2.75, 3.05) is 18.8 Å². The Morgan fingerprint density at radius 2 is 2.23 bits per heavy atom. The van der Waals surface area contributed by atoms with Crippen LogP contribution in [0.3, 0.4) is 0 Å². The fraction of sp³-hybridized carbons (Fsp3) is 0.533. The molecule has 0 N–H and O–H groups in total. The maximum absolute atomic E-state index is 12.3. The number of amides is 1. The van der Waals surface area contributed by atoms with Gasteiger partial charge in [0.05, 0.1) is 0 Å². The number of hydrogen-bond donors (Lipinski definition) is 0. The van der Waals surface area contributed by atoms with Crippen LogP contribution in [0.4, 0.5) is 0 Å². The van der Waals surface area contributed by atoms with Gasteiger partial charge in [-0.3, -0.25) is 4.79 Å². The van der Waals surface area contributed by atoms with E-state index in [-0.39, 0.29) is 5.91 Å². The van der Waals surface area contributed by atoms with E-state index in [2.05, 4.69) is 10.1 Å². The van der Waals surface area contributed by atoms with Gasteiger partial charge in [-0.2, -0.15) is 0 Å². The lowest BCUT2D eigenvalue weighted by Gasteiger charge is -2.31. The first-order valence-electron chi connectivity index (χ1n) is 7.46. The molecule has 7 heteroatoms. The maximum Gasteiger partial charge on any atom is 0.276 e. The van der Waals surface area contributed by atoms with Crippen LogP contribution in [-0.2, 0) is 7.05 Å².